The molecule has 0 fully saturated rings. The largest absolute Gasteiger partial charge is 0.370 e. The van der Waals surface area contributed by atoms with E-state index in [2.05, 4.69) is 32.3 Å². The maximum Gasteiger partial charge on any atom is 0.119 e. The van der Waals surface area contributed by atoms with E-state index in [0.717, 1.165) is 32.7 Å². The molecule has 1 aliphatic heterocycles. The molecule has 2 heterocycles. The van der Waals surface area contributed by atoms with Gasteiger partial charge >= 0.3 is 0 Å². The Morgan fingerprint density at radius 2 is 1.81 bits per heavy atom. The van der Waals surface area contributed by atoms with Crippen molar-refractivity contribution < 1.29 is 4.74 Å². The Kier molecular flexibility index (Phi) is 3.09. The van der Waals surface area contributed by atoms with Gasteiger partial charge in [0.25, 0.3) is 0 Å². The maximum atomic E-state index is 5.78. The van der Waals surface area contributed by atoms with Crippen molar-refractivity contribution in [3.05, 3.63) is 64.3 Å². The lowest BCUT2D eigenvalue weighted by atomic mass is 10.1. The van der Waals surface area contributed by atoms with Crippen LogP contribution in [0.1, 0.15) is 11.3 Å². The molecule has 1 aliphatic rings. The zero-order valence-electron chi connectivity index (χ0n) is 11.2. The van der Waals surface area contributed by atoms with Crippen molar-refractivity contribution >= 4 is 15.9 Å². The van der Waals surface area contributed by atoms with Crippen LogP contribution in [0.5, 0.6) is 0 Å². The van der Waals surface area contributed by atoms with Crippen LogP contribution in [-0.4, -0.2) is 15.0 Å². The summed E-state index contributed by atoms with van der Waals surface area (Å²) in [5, 5.41) is 8.69. The number of nitrogens with zero attached hydrogens (tertiary/aromatic N) is 3. The minimum absolute atomic E-state index is 0.507. The molecule has 3 aromatic rings. The molecule has 4 nitrogen and oxygen atoms in total. The van der Waals surface area contributed by atoms with Gasteiger partial charge in [-0.1, -0.05) is 51.5 Å². The van der Waals surface area contributed by atoms with E-state index < -0.39 is 0 Å². The molecule has 2 aromatic carbocycles. The second-order valence-corrected chi connectivity index (χ2v) is 5.84. The van der Waals surface area contributed by atoms with Crippen molar-refractivity contribution in [2.75, 3.05) is 0 Å². The SMILES string of the molecule is Brc1ccc(-c2nnn3c2COCc2ccccc2-3)cc1. The Bertz CT molecular complexity index is 796. The van der Waals surface area contributed by atoms with Gasteiger partial charge in [0, 0.05) is 15.6 Å². The summed E-state index contributed by atoms with van der Waals surface area (Å²) in [7, 11) is 0. The van der Waals surface area contributed by atoms with E-state index in [9.17, 15) is 0 Å². The molecule has 21 heavy (non-hydrogen) atoms. The molecule has 0 saturated carbocycles. The molecular weight excluding hydrogens is 330 g/mol. The monoisotopic (exact) mass is 341 g/mol. The molecule has 0 unspecified atom stereocenters. The lowest BCUT2D eigenvalue weighted by Crippen LogP contribution is -2.02. The summed E-state index contributed by atoms with van der Waals surface area (Å²) >= 11 is 3.45. The third kappa shape index (κ3) is 2.18. The second-order valence-electron chi connectivity index (χ2n) is 4.92. The Balaban J connectivity index is 1.88. The van der Waals surface area contributed by atoms with Gasteiger partial charge in [0.15, 0.2) is 0 Å². The first-order chi connectivity index (χ1) is 10.3. The summed E-state index contributed by atoms with van der Waals surface area (Å²) in [6, 6.07) is 16.2. The molecule has 0 saturated heterocycles. The van der Waals surface area contributed by atoms with Crippen LogP contribution in [-0.2, 0) is 18.0 Å². The molecular formula is C16H12BrN3O. The van der Waals surface area contributed by atoms with Crippen molar-refractivity contribution in [3.63, 3.8) is 0 Å². The topological polar surface area (TPSA) is 39.9 Å². The minimum atomic E-state index is 0.507. The predicted octanol–water partition coefficient (Wildman–Crippen LogP) is 3.73. The fraction of sp³-hybridized carbons (Fsp3) is 0.125. The Morgan fingerprint density at radius 1 is 1.00 bits per heavy atom. The number of hydrogen-bond acceptors (Lipinski definition) is 3. The predicted molar refractivity (Wildman–Crippen MR) is 83.0 cm³/mol. The highest BCUT2D eigenvalue weighted by Gasteiger charge is 2.20. The van der Waals surface area contributed by atoms with Crippen LogP contribution in [0.15, 0.2) is 53.0 Å². The van der Waals surface area contributed by atoms with Crippen molar-refractivity contribution in [1.82, 2.24) is 15.0 Å². The van der Waals surface area contributed by atoms with Gasteiger partial charge in [-0.15, -0.1) is 5.10 Å². The van der Waals surface area contributed by atoms with Crippen LogP contribution in [0.3, 0.4) is 0 Å². The summed E-state index contributed by atoms with van der Waals surface area (Å²) in [6.45, 7) is 1.10. The summed E-state index contributed by atoms with van der Waals surface area (Å²) in [5.74, 6) is 0. The van der Waals surface area contributed by atoms with Gasteiger partial charge < -0.3 is 4.74 Å². The molecule has 0 radical (unpaired) electrons. The number of aromatic nitrogens is 3. The zero-order chi connectivity index (χ0) is 14.2. The molecule has 0 spiro atoms. The molecule has 4 rings (SSSR count). The number of rotatable bonds is 1. The molecule has 5 heteroatoms. The van der Waals surface area contributed by atoms with Gasteiger partial charge in [0.1, 0.15) is 5.69 Å². The fourth-order valence-corrected chi connectivity index (χ4v) is 2.82. The van der Waals surface area contributed by atoms with Crippen LogP contribution in [0, 0.1) is 0 Å². The van der Waals surface area contributed by atoms with E-state index in [4.69, 9.17) is 4.74 Å². The molecule has 0 aliphatic carbocycles. The number of halogens is 1. The maximum absolute atomic E-state index is 5.78. The third-order valence-corrected chi connectivity index (χ3v) is 4.13. The van der Waals surface area contributed by atoms with E-state index >= 15 is 0 Å². The van der Waals surface area contributed by atoms with Crippen LogP contribution in [0.4, 0.5) is 0 Å². The second kappa shape index (κ2) is 5.09. The number of ether oxygens (including phenoxy) is 1. The van der Waals surface area contributed by atoms with Gasteiger partial charge in [0.2, 0.25) is 0 Å². The quantitative estimate of drug-likeness (QED) is 0.677. The number of hydrogen-bond donors (Lipinski definition) is 0. The fourth-order valence-electron chi connectivity index (χ4n) is 2.55. The molecule has 0 atom stereocenters. The summed E-state index contributed by atoms with van der Waals surface area (Å²) in [5.41, 5.74) is 5.08. The first kappa shape index (κ1) is 12.7. The normalized spacial score (nSPS) is 13.4. The van der Waals surface area contributed by atoms with Crippen LogP contribution >= 0.6 is 15.9 Å². The summed E-state index contributed by atoms with van der Waals surface area (Å²) in [6.07, 6.45) is 0. The molecule has 0 amide bonds. The first-order valence-corrected chi connectivity index (χ1v) is 7.49. The molecule has 0 bridgehead atoms. The lowest BCUT2D eigenvalue weighted by Gasteiger charge is -2.05. The number of benzene rings is 2. The average Bonchev–Trinajstić information content (AvgIpc) is 2.84. The third-order valence-electron chi connectivity index (χ3n) is 3.60. The number of para-hydroxylation sites is 1. The Morgan fingerprint density at radius 3 is 2.67 bits per heavy atom. The standard InChI is InChI=1S/C16H12BrN3O/c17-13-7-5-11(6-8-13)16-15-10-21-9-12-3-1-2-4-14(12)20(15)19-18-16/h1-8H,9-10H2. The van der Waals surface area contributed by atoms with Gasteiger partial charge in [-0.2, -0.15) is 0 Å². The van der Waals surface area contributed by atoms with E-state index in [-0.39, 0.29) is 0 Å². The van der Waals surface area contributed by atoms with E-state index in [1.807, 2.05) is 47.1 Å². The van der Waals surface area contributed by atoms with Crippen molar-refractivity contribution in [2.24, 2.45) is 0 Å². The van der Waals surface area contributed by atoms with Crippen LogP contribution in [0.25, 0.3) is 16.9 Å². The van der Waals surface area contributed by atoms with Crippen molar-refractivity contribution in [3.8, 4) is 16.9 Å². The minimum Gasteiger partial charge on any atom is -0.370 e. The van der Waals surface area contributed by atoms with Crippen molar-refractivity contribution in [2.45, 2.75) is 13.2 Å². The van der Waals surface area contributed by atoms with Gasteiger partial charge in [0.05, 0.1) is 24.6 Å². The highest BCUT2D eigenvalue weighted by atomic mass is 79.9. The number of fused-ring (bicyclic) bond motifs is 3. The van der Waals surface area contributed by atoms with E-state index in [1.165, 1.54) is 0 Å². The Hall–Kier alpha value is -1.98. The van der Waals surface area contributed by atoms with Gasteiger partial charge in [-0.25, -0.2) is 4.68 Å². The summed E-state index contributed by atoms with van der Waals surface area (Å²) < 4.78 is 8.72. The van der Waals surface area contributed by atoms with E-state index in [1.54, 1.807) is 0 Å². The highest BCUT2D eigenvalue weighted by molar-refractivity contribution is 9.10. The lowest BCUT2D eigenvalue weighted by molar-refractivity contribution is 0.108. The highest BCUT2D eigenvalue weighted by Crippen LogP contribution is 2.29. The molecule has 0 N–H and O–H groups in total. The van der Waals surface area contributed by atoms with E-state index in [0.29, 0.717) is 13.2 Å². The molecule has 1 aromatic heterocycles. The first-order valence-electron chi connectivity index (χ1n) is 6.69. The Labute approximate surface area is 130 Å². The molecule has 104 valence electrons. The summed E-state index contributed by atoms with van der Waals surface area (Å²) in [4.78, 5) is 0. The zero-order valence-corrected chi connectivity index (χ0v) is 12.7. The van der Waals surface area contributed by atoms with Crippen molar-refractivity contribution in [1.29, 1.82) is 0 Å². The average molecular weight is 342 g/mol. The van der Waals surface area contributed by atoms with Gasteiger partial charge in [-0.05, 0) is 18.2 Å². The van der Waals surface area contributed by atoms with Crippen LogP contribution in [0.2, 0.25) is 0 Å². The van der Waals surface area contributed by atoms with Gasteiger partial charge in [-0.3, -0.25) is 0 Å². The van der Waals surface area contributed by atoms with Crippen LogP contribution < -0.4 is 0 Å². The smallest absolute Gasteiger partial charge is 0.119 e.